The first-order chi connectivity index (χ1) is 7.97. The lowest BCUT2D eigenvalue weighted by molar-refractivity contribution is 0.198. The van der Waals surface area contributed by atoms with E-state index in [0.717, 1.165) is 24.8 Å². The van der Waals surface area contributed by atoms with E-state index in [2.05, 4.69) is 35.6 Å². The van der Waals surface area contributed by atoms with Gasteiger partial charge in [-0.1, -0.05) is 20.8 Å². The summed E-state index contributed by atoms with van der Waals surface area (Å²) >= 11 is 0. The number of nitrogen functional groups attached to an aromatic ring is 1. The molecule has 17 heavy (non-hydrogen) atoms. The summed E-state index contributed by atoms with van der Waals surface area (Å²) in [6.07, 6.45) is 5.83. The summed E-state index contributed by atoms with van der Waals surface area (Å²) in [6.45, 7) is 9.09. The molecular weight excluding hydrogens is 212 g/mol. The van der Waals surface area contributed by atoms with Crippen molar-refractivity contribution in [3.63, 3.8) is 0 Å². The molecule has 0 aromatic carbocycles. The van der Waals surface area contributed by atoms with Crippen LogP contribution in [-0.2, 0) is 0 Å². The first-order valence-corrected chi connectivity index (χ1v) is 6.29. The Labute approximate surface area is 103 Å². The second-order valence-corrected chi connectivity index (χ2v) is 5.93. The molecule has 1 fully saturated rings. The van der Waals surface area contributed by atoms with Crippen molar-refractivity contribution in [3.8, 4) is 0 Å². The maximum absolute atomic E-state index is 5.66. The third kappa shape index (κ3) is 2.87. The van der Waals surface area contributed by atoms with Crippen LogP contribution in [0.4, 0.5) is 11.6 Å². The van der Waals surface area contributed by atoms with Gasteiger partial charge in [0.05, 0.1) is 12.4 Å². The van der Waals surface area contributed by atoms with Gasteiger partial charge < -0.3 is 10.6 Å². The van der Waals surface area contributed by atoms with E-state index < -0.39 is 0 Å². The van der Waals surface area contributed by atoms with Gasteiger partial charge in [-0.25, -0.2) is 4.98 Å². The van der Waals surface area contributed by atoms with Crippen molar-refractivity contribution in [2.24, 2.45) is 11.3 Å². The summed E-state index contributed by atoms with van der Waals surface area (Å²) in [5.41, 5.74) is 6.07. The monoisotopic (exact) mass is 234 g/mol. The van der Waals surface area contributed by atoms with Gasteiger partial charge >= 0.3 is 0 Å². The first-order valence-electron chi connectivity index (χ1n) is 6.29. The molecule has 0 radical (unpaired) electrons. The van der Waals surface area contributed by atoms with Crippen molar-refractivity contribution in [2.45, 2.75) is 33.6 Å². The molecule has 1 aliphatic heterocycles. The number of piperidine rings is 1. The Morgan fingerprint density at radius 2 is 1.88 bits per heavy atom. The number of nitrogens with zero attached hydrogens (tertiary/aromatic N) is 3. The Hall–Kier alpha value is -1.32. The van der Waals surface area contributed by atoms with Crippen molar-refractivity contribution in [3.05, 3.63) is 12.4 Å². The molecule has 1 aromatic heterocycles. The van der Waals surface area contributed by atoms with Crippen molar-refractivity contribution in [2.75, 3.05) is 23.7 Å². The van der Waals surface area contributed by atoms with Crippen LogP contribution in [0.3, 0.4) is 0 Å². The zero-order chi connectivity index (χ0) is 12.5. The Morgan fingerprint density at radius 1 is 1.24 bits per heavy atom. The van der Waals surface area contributed by atoms with Gasteiger partial charge in [0, 0.05) is 13.1 Å². The van der Waals surface area contributed by atoms with E-state index >= 15 is 0 Å². The maximum Gasteiger partial charge on any atom is 0.149 e. The molecule has 0 unspecified atom stereocenters. The summed E-state index contributed by atoms with van der Waals surface area (Å²) in [5.74, 6) is 2.21. The average molecular weight is 234 g/mol. The summed E-state index contributed by atoms with van der Waals surface area (Å²) < 4.78 is 0. The molecule has 1 aromatic rings. The molecule has 1 saturated heterocycles. The van der Waals surface area contributed by atoms with E-state index in [0.29, 0.717) is 11.2 Å². The van der Waals surface area contributed by atoms with E-state index in [1.54, 1.807) is 12.4 Å². The topological polar surface area (TPSA) is 55.0 Å². The zero-order valence-corrected chi connectivity index (χ0v) is 11.0. The molecule has 0 atom stereocenters. The van der Waals surface area contributed by atoms with E-state index in [1.807, 2.05) is 0 Å². The second-order valence-electron chi connectivity index (χ2n) is 5.93. The highest BCUT2D eigenvalue weighted by Crippen LogP contribution is 2.35. The highest BCUT2D eigenvalue weighted by atomic mass is 15.2. The van der Waals surface area contributed by atoms with Gasteiger partial charge in [0.2, 0.25) is 0 Å². The zero-order valence-electron chi connectivity index (χ0n) is 11.0. The van der Waals surface area contributed by atoms with Crippen LogP contribution in [0.2, 0.25) is 0 Å². The molecule has 0 saturated carbocycles. The van der Waals surface area contributed by atoms with E-state index in [1.165, 1.54) is 12.8 Å². The predicted molar refractivity (Wildman–Crippen MR) is 70.8 cm³/mol. The average Bonchev–Trinajstić information content (AvgIpc) is 2.28. The van der Waals surface area contributed by atoms with E-state index in [4.69, 9.17) is 5.73 Å². The molecule has 0 amide bonds. The fraction of sp³-hybridized carbons (Fsp3) is 0.692. The largest absolute Gasteiger partial charge is 0.382 e. The van der Waals surface area contributed by atoms with Crippen LogP contribution in [0.1, 0.15) is 33.6 Å². The maximum atomic E-state index is 5.66. The molecule has 94 valence electrons. The molecular formula is C13H22N4. The first kappa shape index (κ1) is 12.1. The van der Waals surface area contributed by atoms with Gasteiger partial charge in [-0.05, 0) is 24.2 Å². The smallest absolute Gasteiger partial charge is 0.149 e. The molecule has 2 heterocycles. The highest BCUT2D eigenvalue weighted by Gasteiger charge is 2.29. The van der Waals surface area contributed by atoms with Gasteiger partial charge in [0.1, 0.15) is 11.6 Å². The predicted octanol–water partition coefficient (Wildman–Crippen LogP) is 2.32. The third-order valence-electron chi connectivity index (χ3n) is 3.68. The SMILES string of the molecule is CC(C)(C)C1CCN(c2cncc(N)n2)CC1. The Morgan fingerprint density at radius 3 is 2.41 bits per heavy atom. The quantitative estimate of drug-likeness (QED) is 0.810. The fourth-order valence-corrected chi connectivity index (χ4v) is 2.50. The molecule has 1 aliphatic rings. The molecule has 0 bridgehead atoms. The highest BCUT2D eigenvalue weighted by molar-refractivity contribution is 5.41. The minimum atomic E-state index is 0.410. The van der Waals surface area contributed by atoms with Crippen molar-refractivity contribution < 1.29 is 0 Å². The minimum Gasteiger partial charge on any atom is -0.382 e. The van der Waals surface area contributed by atoms with Crippen LogP contribution < -0.4 is 10.6 Å². The van der Waals surface area contributed by atoms with Crippen LogP contribution in [0.15, 0.2) is 12.4 Å². The number of hydrogen-bond acceptors (Lipinski definition) is 4. The number of nitrogens with two attached hydrogens (primary N) is 1. The van der Waals surface area contributed by atoms with Crippen LogP contribution in [0, 0.1) is 11.3 Å². The summed E-state index contributed by atoms with van der Waals surface area (Å²) in [4.78, 5) is 10.7. The van der Waals surface area contributed by atoms with Gasteiger partial charge in [-0.2, -0.15) is 0 Å². The van der Waals surface area contributed by atoms with E-state index in [9.17, 15) is 0 Å². The molecule has 2 N–H and O–H groups in total. The van der Waals surface area contributed by atoms with Crippen LogP contribution in [0.25, 0.3) is 0 Å². The molecule has 0 aliphatic carbocycles. The second kappa shape index (κ2) is 4.51. The van der Waals surface area contributed by atoms with Gasteiger partial charge in [0.15, 0.2) is 0 Å². The lowest BCUT2D eigenvalue weighted by Crippen LogP contribution is -2.38. The fourth-order valence-electron chi connectivity index (χ4n) is 2.50. The van der Waals surface area contributed by atoms with Gasteiger partial charge in [-0.15, -0.1) is 0 Å². The van der Waals surface area contributed by atoms with E-state index in [-0.39, 0.29) is 0 Å². The molecule has 2 rings (SSSR count). The van der Waals surface area contributed by atoms with Crippen LogP contribution in [0.5, 0.6) is 0 Å². The van der Waals surface area contributed by atoms with Crippen molar-refractivity contribution in [1.82, 2.24) is 9.97 Å². The normalized spacial score (nSPS) is 18.4. The third-order valence-corrected chi connectivity index (χ3v) is 3.68. The lowest BCUT2D eigenvalue weighted by atomic mass is 9.75. The minimum absolute atomic E-state index is 0.410. The van der Waals surface area contributed by atoms with Gasteiger partial charge in [-0.3, -0.25) is 4.98 Å². The van der Waals surface area contributed by atoms with Crippen molar-refractivity contribution in [1.29, 1.82) is 0 Å². The summed E-state index contributed by atoms with van der Waals surface area (Å²) in [7, 11) is 0. The van der Waals surface area contributed by atoms with Crippen molar-refractivity contribution >= 4 is 11.6 Å². The Balaban J connectivity index is 2.00. The summed E-state index contributed by atoms with van der Waals surface area (Å²) in [5, 5.41) is 0. The standard InChI is InChI=1S/C13H22N4/c1-13(2,3)10-4-6-17(7-5-10)12-9-15-8-11(14)16-12/h8-10H,4-7H2,1-3H3,(H2,14,16). The summed E-state index contributed by atoms with van der Waals surface area (Å²) in [6, 6.07) is 0. The Bertz CT molecular complexity index is 375. The molecule has 0 spiro atoms. The molecule has 4 heteroatoms. The lowest BCUT2D eigenvalue weighted by Gasteiger charge is -2.39. The number of anilines is 2. The Kier molecular flexibility index (Phi) is 3.22. The van der Waals surface area contributed by atoms with Crippen LogP contribution >= 0.6 is 0 Å². The van der Waals surface area contributed by atoms with Crippen LogP contribution in [-0.4, -0.2) is 23.1 Å². The number of aromatic nitrogens is 2. The number of rotatable bonds is 1. The number of hydrogen-bond donors (Lipinski definition) is 1. The van der Waals surface area contributed by atoms with Gasteiger partial charge in [0.25, 0.3) is 0 Å². The molecule has 4 nitrogen and oxygen atoms in total.